The fourth-order valence-corrected chi connectivity index (χ4v) is 2.74. The summed E-state index contributed by atoms with van der Waals surface area (Å²) in [6, 6.07) is 5.63. The number of rotatable bonds is 0. The molecule has 1 heterocycles. The molecular formula is C10H5Br2N3. The van der Waals surface area contributed by atoms with Crippen molar-refractivity contribution in [3.8, 4) is 6.07 Å². The van der Waals surface area contributed by atoms with E-state index < -0.39 is 0 Å². The highest BCUT2D eigenvalue weighted by Gasteiger charge is 2.11. The maximum absolute atomic E-state index is 8.94. The van der Waals surface area contributed by atoms with Crippen molar-refractivity contribution in [3.63, 3.8) is 0 Å². The van der Waals surface area contributed by atoms with Gasteiger partial charge in [0.25, 0.3) is 0 Å². The highest BCUT2D eigenvalue weighted by atomic mass is 79.9. The summed E-state index contributed by atoms with van der Waals surface area (Å²) in [4.78, 5) is 4.02. The highest BCUT2D eigenvalue weighted by Crippen LogP contribution is 2.35. The summed E-state index contributed by atoms with van der Waals surface area (Å²) in [6.45, 7) is 0. The minimum absolute atomic E-state index is 0.340. The molecule has 2 N–H and O–H groups in total. The fraction of sp³-hybridized carbons (Fsp3) is 0. The molecule has 1 aromatic carbocycles. The quantitative estimate of drug-likeness (QED) is 0.756. The number of aromatic nitrogens is 1. The molecule has 0 atom stereocenters. The monoisotopic (exact) mass is 325 g/mol. The van der Waals surface area contributed by atoms with Crippen molar-refractivity contribution in [1.29, 1.82) is 5.26 Å². The Labute approximate surface area is 103 Å². The van der Waals surface area contributed by atoms with Crippen LogP contribution in [0, 0.1) is 11.3 Å². The van der Waals surface area contributed by atoms with Crippen LogP contribution in [0.1, 0.15) is 5.69 Å². The average molecular weight is 327 g/mol. The van der Waals surface area contributed by atoms with E-state index in [0.717, 1.165) is 14.3 Å². The molecule has 0 bridgehead atoms. The molecule has 5 heteroatoms. The van der Waals surface area contributed by atoms with Crippen LogP contribution in [-0.4, -0.2) is 4.98 Å². The first-order valence-electron chi connectivity index (χ1n) is 4.07. The Hall–Kier alpha value is -1.12. The third kappa shape index (κ3) is 1.60. The largest absolute Gasteiger partial charge is 0.398 e. The molecule has 0 radical (unpaired) electrons. The van der Waals surface area contributed by atoms with E-state index in [9.17, 15) is 0 Å². The van der Waals surface area contributed by atoms with Crippen LogP contribution in [0.25, 0.3) is 10.8 Å². The average Bonchev–Trinajstić information content (AvgIpc) is 2.23. The van der Waals surface area contributed by atoms with E-state index in [2.05, 4.69) is 36.8 Å². The van der Waals surface area contributed by atoms with E-state index >= 15 is 0 Å². The van der Waals surface area contributed by atoms with Gasteiger partial charge in [-0.25, -0.2) is 4.98 Å². The lowest BCUT2D eigenvalue weighted by molar-refractivity contribution is 1.28. The fourth-order valence-electron chi connectivity index (χ4n) is 1.42. The van der Waals surface area contributed by atoms with Gasteiger partial charge in [0.2, 0.25) is 0 Å². The van der Waals surface area contributed by atoms with Gasteiger partial charge in [0.15, 0.2) is 0 Å². The minimum atomic E-state index is 0.340. The topological polar surface area (TPSA) is 62.7 Å². The van der Waals surface area contributed by atoms with E-state index in [1.165, 1.54) is 0 Å². The van der Waals surface area contributed by atoms with Gasteiger partial charge < -0.3 is 5.73 Å². The molecule has 1 aromatic heterocycles. The smallest absolute Gasteiger partial charge is 0.150 e. The Morgan fingerprint density at radius 2 is 1.93 bits per heavy atom. The first kappa shape index (κ1) is 10.4. The number of pyridine rings is 1. The van der Waals surface area contributed by atoms with E-state index in [-0.39, 0.29) is 0 Å². The molecule has 2 rings (SSSR count). The molecule has 0 unspecified atom stereocenters. The predicted octanol–water partition coefficient (Wildman–Crippen LogP) is 3.21. The normalized spacial score (nSPS) is 10.2. The van der Waals surface area contributed by atoms with Crippen molar-refractivity contribution in [3.05, 3.63) is 33.0 Å². The standard InChI is InChI=1S/C10H5Br2N3/c11-5-1-2-7(14)10-8(3-13)15-4-6(12)9(5)10/h1-2,4H,14H2. The Kier molecular flexibility index (Phi) is 2.63. The number of anilines is 1. The number of fused-ring (bicyclic) bond motifs is 1. The second-order valence-corrected chi connectivity index (χ2v) is 4.66. The van der Waals surface area contributed by atoms with Gasteiger partial charge in [0.05, 0.1) is 0 Å². The SMILES string of the molecule is N#Cc1ncc(Br)c2c(Br)ccc(N)c12. The molecule has 0 aliphatic rings. The van der Waals surface area contributed by atoms with E-state index in [1.807, 2.05) is 12.1 Å². The number of benzene rings is 1. The van der Waals surface area contributed by atoms with Crippen LogP contribution >= 0.6 is 31.9 Å². The lowest BCUT2D eigenvalue weighted by Gasteiger charge is -2.07. The van der Waals surface area contributed by atoms with Gasteiger partial charge in [-0.2, -0.15) is 5.26 Å². The molecule has 2 aromatic rings. The zero-order valence-electron chi connectivity index (χ0n) is 7.46. The van der Waals surface area contributed by atoms with Gasteiger partial charge in [-0.3, -0.25) is 0 Å². The van der Waals surface area contributed by atoms with Crippen molar-refractivity contribution in [2.75, 3.05) is 5.73 Å². The Morgan fingerprint density at radius 3 is 2.60 bits per heavy atom. The minimum Gasteiger partial charge on any atom is -0.398 e. The van der Waals surface area contributed by atoms with Gasteiger partial charge in [-0.1, -0.05) is 15.9 Å². The highest BCUT2D eigenvalue weighted by molar-refractivity contribution is 9.11. The van der Waals surface area contributed by atoms with E-state index in [0.29, 0.717) is 16.8 Å². The van der Waals surface area contributed by atoms with Crippen LogP contribution in [-0.2, 0) is 0 Å². The first-order chi connectivity index (χ1) is 7.15. The van der Waals surface area contributed by atoms with Gasteiger partial charge in [-0.05, 0) is 28.1 Å². The van der Waals surface area contributed by atoms with E-state index in [1.54, 1.807) is 12.3 Å². The maximum atomic E-state index is 8.94. The number of nitrogen functional groups attached to an aromatic ring is 1. The second kappa shape index (κ2) is 3.80. The number of nitriles is 1. The molecule has 15 heavy (non-hydrogen) atoms. The number of hydrogen-bond acceptors (Lipinski definition) is 3. The van der Waals surface area contributed by atoms with Crippen molar-refractivity contribution >= 4 is 48.3 Å². The molecule has 0 saturated heterocycles. The summed E-state index contributed by atoms with van der Waals surface area (Å²) in [6.07, 6.45) is 1.60. The predicted molar refractivity (Wildman–Crippen MR) is 66.3 cm³/mol. The summed E-state index contributed by atoms with van der Waals surface area (Å²) in [5.74, 6) is 0. The van der Waals surface area contributed by atoms with Gasteiger partial charge in [0, 0.05) is 31.6 Å². The zero-order valence-corrected chi connectivity index (χ0v) is 10.6. The first-order valence-corrected chi connectivity index (χ1v) is 5.66. The van der Waals surface area contributed by atoms with Crippen LogP contribution in [0.5, 0.6) is 0 Å². The lowest BCUT2D eigenvalue weighted by atomic mass is 10.1. The molecule has 0 saturated carbocycles. The number of nitrogens with two attached hydrogens (primary N) is 1. The number of nitrogens with zero attached hydrogens (tertiary/aromatic N) is 2. The molecule has 0 aliphatic carbocycles. The van der Waals surface area contributed by atoms with Crippen LogP contribution in [0.15, 0.2) is 27.3 Å². The van der Waals surface area contributed by atoms with Crippen LogP contribution in [0.3, 0.4) is 0 Å². The van der Waals surface area contributed by atoms with Crippen LogP contribution in [0.4, 0.5) is 5.69 Å². The lowest BCUT2D eigenvalue weighted by Crippen LogP contribution is -1.93. The Balaban J connectivity index is 3.07. The van der Waals surface area contributed by atoms with Crippen LogP contribution < -0.4 is 5.73 Å². The molecule has 74 valence electrons. The van der Waals surface area contributed by atoms with Gasteiger partial charge >= 0.3 is 0 Å². The number of halogens is 2. The van der Waals surface area contributed by atoms with Crippen molar-refractivity contribution in [1.82, 2.24) is 4.98 Å². The van der Waals surface area contributed by atoms with Gasteiger partial charge in [0.1, 0.15) is 11.8 Å². The van der Waals surface area contributed by atoms with Crippen LogP contribution in [0.2, 0.25) is 0 Å². The van der Waals surface area contributed by atoms with Crippen molar-refractivity contribution in [2.45, 2.75) is 0 Å². The summed E-state index contributed by atoms with van der Waals surface area (Å²) in [7, 11) is 0. The summed E-state index contributed by atoms with van der Waals surface area (Å²) in [5, 5.41) is 10.5. The molecular weight excluding hydrogens is 322 g/mol. The third-order valence-corrected chi connectivity index (χ3v) is 3.34. The molecule has 0 fully saturated rings. The molecule has 3 nitrogen and oxygen atoms in total. The van der Waals surface area contributed by atoms with Crippen molar-refractivity contribution < 1.29 is 0 Å². The molecule has 0 aliphatic heterocycles. The van der Waals surface area contributed by atoms with Gasteiger partial charge in [-0.15, -0.1) is 0 Å². The van der Waals surface area contributed by atoms with E-state index in [4.69, 9.17) is 11.0 Å². The zero-order chi connectivity index (χ0) is 11.0. The maximum Gasteiger partial charge on any atom is 0.150 e. The summed E-state index contributed by atoms with van der Waals surface area (Å²) < 4.78 is 1.70. The number of hydrogen-bond donors (Lipinski definition) is 1. The summed E-state index contributed by atoms with van der Waals surface area (Å²) in [5.41, 5.74) is 6.73. The third-order valence-electron chi connectivity index (χ3n) is 2.08. The Bertz CT molecular complexity index is 579. The summed E-state index contributed by atoms with van der Waals surface area (Å²) >= 11 is 6.81. The molecule has 0 spiro atoms. The Morgan fingerprint density at radius 1 is 1.20 bits per heavy atom. The second-order valence-electron chi connectivity index (χ2n) is 2.95. The molecule has 0 amide bonds. The van der Waals surface area contributed by atoms with Crippen molar-refractivity contribution in [2.24, 2.45) is 0 Å².